The Balaban J connectivity index is 0.00000196. The van der Waals surface area contributed by atoms with Crippen LogP contribution in [0.25, 0.3) is 0 Å². The zero-order chi connectivity index (χ0) is 18.5. The topological polar surface area (TPSA) is 72.1 Å². The third-order valence-corrected chi connectivity index (χ3v) is 5.12. The van der Waals surface area contributed by atoms with Crippen LogP contribution >= 0.6 is 24.8 Å². The van der Waals surface area contributed by atoms with E-state index in [1.165, 1.54) is 11.1 Å². The van der Waals surface area contributed by atoms with Crippen molar-refractivity contribution in [3.63, 3.8) is 0 Å². The molecule has 0 bridgehead atoms. The number of halogens is 2. The molecule has 1 aromatic rings. The number of nitrogens with one attached hydrogen (secondary N) is 2. The molecule has 0 spiro atoms. The lowest BCUT2D eigenvalue weighted by atomic mass is 9.99. The molecular formula is C19H31Cl2N3O4. The van der Waals surface area contributed by atoms with Crippen LogP contribution < -0.4 is 20.1 Å². The lowest BCUT2D eigenvalue weighted by Crippen LogP contribution is -2.56. The van der Waals surface area contributed by atoms with Crippen LogP contribution in [0.15, 0.2) is 12.1 Å². The molecule has 1 saturated heterocycles. The van der Waals surface area contributed by atoms with Gasteiger partial charge in [0.25, 0.3) is 0 Å². The molecule has 2 heterocycles. The summed E-state index contributed by atoms with van der Waals surface area (Å²) in [6.45, 7) is 6.59. The van der Waals surface area contributed by atoms with E-state index in [1.54, 1.807) is 14.2 Å². The number of amides is 1. The Morgan fingerprint density at radius 1 is 1.25 bits per heavy atom. The number of hydrogen-bond donors (Lipinski definition) is 2. The second-order valence-electron chi connectivity index (χ2n) is 6.80. The Hall–Kier alpha value is -1.25. The van der Waals surface area contributed by atoms with Crippen molar-refractivity contribution >= 4 is 30.7 Å². The Labute approximate surface area is 179 Å². The second kappa shape index (κ2) is 11.7. The summed E-state index contributed by atoms with van der Waals surface area (Å²) in [5.41, 5.74) is 2.57. The first kappa shape index (κ1) is 24.8. The number of morpholine rings is 1. The molecule has 0 saturated carbocycles. The zero-order valence-electron chi connectivity index (χ0n) is 16.7. The van der Waals surface area contributed by atoms with Gasteiger partial charge in [-0.15, -0.1) is 24.8 Å². The molecule has 3 rings (SSSR count). The summed E-state index contributed by atoms with van der Waals surface area (Å²) in [6.07, 6.45) is 0.881. The molecular weight excluding hydrogens is 405 g/mol. The number of nitrogens with zero attached hydrogens (tertiary/aromatic N) is 1. The molecule has 0 unspecified atom stereocenters. The van der Waals surface area contributed by atoms with Crippen molar-refractivity contribution in [2.45, 2.75) is 32.0 Å². The highest BCUT2D eigenvalue weighted by Gasteiger charge is 2.28. The van der Waals surface area contributed by atoms with Gasteiger partial charge in [0.15, 0.2) is 11.5 Å². The predicted octanol–water partition coefficient (Wildman–Crippen LogP) is 1.40. The molecule has 1 fully saturated rings. The van der Waals surface area contributed by atoms with Crippen molar-refractivity contribution in [2.75, 3.05) is 47.0 Å². The number of carbonyl (C=O) groups excluding carboxylic acids is 1. The molecule has 9 heteroatoms. The average molecular weight is 436 g/mol. The third-order valence-electron chi connectivity index (χ3n) is 5.12. The van der Waals surface area contributed by atoms with Crippen molar-refractivity contribution in [3.8, 4) is 11.5 Å². The maximum atomic E-state index is 12.3. The first-order valence-corrected chi connectivity index (χ1v) is 9.21. The van der Waals surface area contributed by atoms with Gasteiger partial charge in [-0.3, -0.25) is 9.69 Å². The van der Waals surface area contributed by atoms with Crippen LogP contribution in [0.4, 0.5) is 0 Å². The lowest BCUT2D eigenvalue weighted by molar-refractivity contribution is -0.128. The smallest absolute Gasteiger partial charge is 0.239 e. The summed E-state index contributed by atoms with van der Waals surface area (Å²) in [5.74, 6) is 1.56. The summed E-state index contributed by atoms with van der Waals surface area (Å²) in [6, 6.07) is 3.87. The van der Waals surface area contributed by atoms with Crippen LogP contribution in [0.5, 0.6) is 11.5 Å². The average Bonchev–Trinajstić information content (AvgIpc) is 2.67. The highest BCUT2D eigenvalue weighted by molar-refractivity contribution is 5.85. The maximum Gasteiger partial charge on any atom is 0.239 e. The van der Waals surface area contributed by atoms with Crippen LogP contribution in [0.2, 0.25) is 0 Å². The van der Waals surface area contributed by atoms with Gasteiger partial charge in [-0.1, -0.05) is 0 Å². The van der Waals surface area contributed by atoms with Crippen molar-refractivity contribution in [2.24, 2.45) is 0 Å². The summed E-state index contributed by atoms with van der Waals surface area (Å²) in [7, 11) is 3.32. The van der Waals surface area contributed by atoms with Gasteiger partial charge in [0.1, 0.15) is 6.04 Å². The standard InChI is InChI=1S/C19H29N3O4.2ClH/c1-13-18(20-6-9-26-13)19(23)21-5-8-22-7-4-14-10-16(24-2)17(25-3)11-15(14)12-22;;/h10-11,13,18,20H,4-9,12H2,1-3H3,(H,21,23);2*1H/t13-,18+;;/m1../s1. The Kier molecular flexibility index (Phi) is 10.3. The molecule has 0 radical (unpaired) electrons. The Bertz CT molecular complexity index is 648. The van der Waals surface area contributed by atoms with E-state index >= 15 is 0 Å². The SMILES string of the molecule is COc1cc2c(cc1OC)CN(CCNC(=O)[C@H]1NCCO[C@@H]1C)CC2.Cl.Cl. The summed E-state index contributed by atoms with van der Waals surface area (Å²) in [4.78, 5) is 14.7. The van der Waals surface area contributed by atoms with Crippen molar-refractivity contribution in [3.05, 3.63) is 23.3 Å². The number of carbonyl (C=O) groups is 1. The minimum Gasteiger partial charge on any atom is -0.493 e. The van der Waals surface area contributed by atoms with Crippen LogP contribution in [-0.2, 0) is 22.5 Å². The maximum absolute atomic E-state index is 12.3. The first-order chi connectivity index (χ1) is 12.6. The number of methoxy groups -OCH3 is 2. The third kappa shape index (κ3) is 5.87. The molecule has 2 aliphatic rings. The lowest BCUT2D eigenvalue weighted by Gasteiger charge is -2.31. The fraction of sp³-hybridized carbons (Fsp3) is 0.632. The van der Waals surface area contributed by atoms with Crippen LogP contribution in [0.3, 0.4) is 0 Å². The molecule has 28 heavy (non-hydrogen) atoms. The van der Waals surface area contributed by atoms with Gasteiger partial charge in [0, 0.05) is 32.7 Å². The van der Waals surface area contributed by atoms with E-state index in [4.69, 9.17) is 14.2 Å². The van der Waals surface area contributed by atoms with E-state index in [9.17, 15) is 4.79 Å². The second-order valence-corrected chi connectivity index (χ2v) is 6.80. The van der Waals surface area contributed by atoms with Gasteiger partial charge in [-0.25, -0.2) is 0 Å². The predicted molar refractivity (Wildman–Crippen MR) is 113 cm³/mol. The highest BCUT2D eigenvalue weighted by Crippen LogP contribution is 2.33. The number of fused-ring (bicyclic) bond motifs is 1. The van der Waals surface area contributed by atoms with E-state index in [1.807, 2.05) is 6.92 Å². The monoisotopic (exact) mass is 435 g/mol. The minimum atomic E-state index is -0.262. The summed E-state index contributed by atoms with van der Waals surface area (Å²) >= 11 is 0. The van der Waals surface area contributed by atoms with Gasteiger partial charge in [-0.05, 0) is 36.6 Å². The van der Waals surface area contributed by atoms with E-state index in [2.05, 4.69) is 27.7 Å². The van der Waals surface area contributed by atoms with Gasteiger partial charge >= 0.3 is 0 Å². The van der Waals surface area contributed by atoms with Gasteiger partial charge in [0.2, 0.25) is 5.91 Å². The van der Waals surface area contributed by atoms with Gasteiger partial charge < -0.3 is 24.8 Å². The van der Waals surface area contributed by atoms with Gasteiger partial charge in [0.05, 0.1) is 26.9 Å². The first-order valence-electron chi connectivity index (χ1n) is 9.21. The van der Waals surface area contributed by atoms with E-state index in [0.29, 0.717) is 13.2 Å². The van der Waals surface area contributed by atoms with E-state index < -0.39 is 0 Å². The quantitative estimate of drug-likeness (QED) is 0.703. The zero-order valence-corrected chi connectivity index (χ0v) is 18.3. The minimum absolute atomic E-state index is 0. The Morgan fingerprint density at radius 3 is 2.57 bits per heavy atom. The van der Waals surface area contributed by atoms with Crippen molar-refractivity contribution in [1.82, 2.24) is 15.5 Å². The van der Waals surface area contributed by atoms with E-state index in [0.717, 1.165) is 44.1 Å². The van der Waals surface area contributed by atoms with Crippen LogP contribution in [-0.4, -0.2) is 70.0 Å². The molecule has 160 valence electrons. The number of rotatable bonds is 6. The summed E-state index contributed by atoms with van der Waals surface area (Å²) < 4.78 is 16.3. The molecule has 0 aliphatic carbocycles. The van der Waals surface area contributed by atoms with Crippen molar-refractivity contribution < 1.29 is 19.0 Å². The fourth-order valence-corrected chi connectivity index (χ4v) is 3.61. The molecule has 7 nitrogen and oxygen atoms in total. The Morgan fingerprint density at radius 2 is 1.93 bits per heavy atom. The molecule has 2 N–H and O–H groups in total. The normalized spacial score (nSPS) is 21.5. The molecule has 0 aromatic heterocycles. The van der Waals surface area contributed by atoms with Crippen molar-refractivity contribution in [1.29, 1.82) is 0 Å². The number of benzene rings is 1. The van der Waals surface area contributed by atoms with Crippen LogP contribution in [0.1, 0.15) is 18.1 Å². The van der Waals surface area contributed by atoms with E-state index in [-0.39, 0.29) is 42.9 Å². The number of hydrogen-bond acceptors (Lipinski definition) is 6. The van der Waals surface area contributed by atoms with Gasteiger partial charge in [-0.2, -0.15) is 0 Å². The fourth-order valence-electron chi connectivity index (χ4n) is 3.61. The highest BCUT2D eigenvalue weighted by atomic mass is 35.5. The molecule has 2 aliphatic heterocycles. The summed E-state index contributed by atoms with van der Waals surface area (Å²) in [5, 5.41) is 6.24. The largest absolute Gasteiger partial charge is 0.493 e. The molecule has 1 amide bonds. The molecule has 1 aromatic carbocycles. The number of ether oxygens (including phenoxy) is 3. The van der Waals surface area contributed by atoms with Crippen LogP contribution in [0, 0.1) is 0 Å². The molecule has 2 atom stereocenters.